The highest BCUT2D eigenvalue weighted by Crippen LogP contribution is 2.37. The van der Waals surface area contributed by atoms with Crippen LogP contribution in [0.5, 0.6) is 0 Å². The molecule has 3 N–H and O–H groups in total. The van der Waals surface area contributed by atoms with Gasteiger partial charge in [0.1, 0.15) is 11.9 Å². The van der Waals surface area contributed by atoms with Crippen LogP contribution in [-0.2, 0) is 26.0 Å². The molecule has 41 heavy (non-hydrogen) atoms. The van der Waals surface area contributed by atoms with Crippen LogP contribution in [0.2, 0.25) is 0 Å². The molecule has 1 aromatic heterocycles. The zero-order valence-electron chi connectivity index (χ0n) is 21.9. The number of hydrogen-bond donors (Lipinski definition) is 3. The Labute approximate surface area is 237 Å². The molecule has 0 fully saturated rings. The van der Waals surface area contributed by atoms with E-state index in [2.05, 4.69) is 20.6 Å². The summed E-state index contributed by atoms with van der Waals surface area (Å²) in [6.45, 7) is 0.335. The van der Waals surface area contributed by atoms with Crippen molar-refractivity contribution in [3.8, 4) is 11.4 Å². The number of imidazole rings is 1. The van der Waals surface area contributed by atoms with Crippen LogP contribution >= 0.6 is 0 Å². The van der Waals surface area contributed by atoms with E-state index in [9.17, 15) is 18.0 Å². The fraction of sp³-hybridized carbons (Fsp3) is 0.129. The highest BCUT2D eigenvalue weighted by atomic mass is 32.2. The average molecular weight is 566 g/mol. The zero-order valence-corrected chi connectivity index (χ0v) is 22.8. The number of sulfonamides is 1. The largest absolute Gasteiger partial charge is 0.356 e. The number of para-hydroxylation sites is 2. The number of nitrogens with zero attached hydrogens (tertiary/aromatic N) is 2. The molecule has 0 radical (unpaired) electrons. The fourth-order valence-corrected chi connectivity index (χ4v) is 6.69. The molecule has 0 unspecified atom stereocenters. The number of fused-ring (bicyclic) bond motifs is 2. The fourth-order valence-electron chi connectivity index (χ4n) is 5.02. The van der Waals surface area contributed by atoms with Crippen molar-refractivity contribution >= 4 is 44.0 Å². The van der Waals surface area contributed by atoms with Gasteiger partial charge in [-0.2, -0.15) is 0 Å². The van der Waals surface area contributed by atoms with Gasteiger partial charge in [0.25, 0.3) is 10.0 Å². The maximum absolute atomic E-state index is 14.1. The molecule has 2 amide bonds. The molecule has 0 saturated heterocycles. The summed E-state index contributed by atoms with van der Waals surface area (Å²) >= 11 is 0. The van der Waals surface area contributed by atoms with Gasteiger partial charge in [-0.15, -0.1) is 0 Å². The van der Waals surface area contributed by atoms with Crippen LogP contribution in [0.1, 0.15) is 12.0 Å². The summed E-state index contributed by atoms with van der Waals surface area (Å²) in [7, 11) is -4.20. The topological polar surface area (TPSA) is 124 Å². The summed E-state index contributed by atoms with van der Waals surface area (Å²) in [6.07, 6.45) is 3.70. The first-order valence-electron chi connectivity index (χ1n) is 13.2. The molecule has 1 atom stereocenters. The molecule has 206 valence electrons. The minimum atomic E-state index is -4.20. The minimum absolute atomic E-state index is 0.0455. The molecule has 1 aliphatic rings. The van der Waals surface area contributed by atoms with Crippen LogP contribution in [-0.4, -0.2) is 42.8 Å². The molecule has 0 bridgehead atoms. The molecule has 0 saturated carbocycles. The van der Waals surface area contributed by atoms with Crippen molar-refractivity contribution in [3.63, 3.8) is 0 Å². The van der Waals surface area contributed by atoms with Crippen molar-refractivity contribution in [1.29, 1.82) is 0 Å². The van der Waals surface area contributed by atoms with E-state index < -0.39 is 27.9 Å². The van der Waals surface area contributed by atoms with Gasteiger partial charge in [0.15, 0.2) is 0 Å². The standard InChI is InChI=1S/C31H27N5O4S/c37-29(32-16-15-21-9-11-23(12-10-21)30-33-17-18-34-30)20-28-31(38)35-26-7-3-4-8-27(26)36(28)41(39,40)25-14-13-22-5-1-2-6-24(22)19-25/h1-14,17-19,28H,15-16,20H2,(H,32,37)(H,33,34)(H,35,38)/t28-/m1/s1. The first-order chi connectivity index (χ1) is 19.9. The highest BCUT2D eigenvalue weighted by molar-refractivity contribution is 7.93. The summed E-state index contributed by atoms with van der Waals surface area (Å²) in [5.74, 6) is -0.201. The smallest absolute Gasteiger partial charge is 0.265 e. The summed E-state index contributed by atoms with van der Waals surface area (Å²) in [4.78, 5) is 33.6. The lowest BCUT2D eigenvalue weighted by atomic mass is 10.1. The first kappa shape index (κ1) is 26.3. The predicted octanol–water partition coefficient (Wildman–Crippen LogP) is 4.49. The first-order valence-corrected chi connectivity index (χ1v) is 14.6. The normalized spacial score (nSPS) is 14.9. The van der Waals surface area contributed by atoms with Gasteiger partial charge >= 0.3 is 0 Å². The lowest BCUT2D eigenvalue weighted by Gasteiger charge is -2.36. The van der Waals surface area contributed by atoms with E-state index >= 15 is 0 Å². The van der Waals surface area contributed by atoms with Crippen molar-refractivity contribution in [2.45, 2.75) is 23.8 Å². The van der Waals surface area contributed by atoms with Crippen molar-refractivity contribution in [2.75, 3.05) is 16.2 Å². The Morgan fingerprint density at radius 2 is 1.68 bits per heavy atom. The van der Waals surface area contributed by atoms with Crippen molar-refractivity contribution < 1.29 is 18.0 Å². The SMILES string of the molecule is O=C(C[C@@H]1C(=O)Nc2ccccc2N1S(=O)(=O)c1ccc2ccccc2c1)NCCc1ccc(-c2ncc[nH]2)cc1. The zero-order chi connectivity index (χ0) is 28.4. The number of amides is 2. The van der Waals surface area contributed by atoms with Crippen LogP contribution in [0.4, 0.5) is 11.4 Å². The Morgan fingerprint density at radius 1 is 0.927 bits per heavy atom. The minimum Gasteiger partial charge on any atom is -0.356 e. The molecular weight excluding hydrogens is 538 g/mol. The molecule has 0 spiro atoms. The van der Waals surface area contributed by atoms with Gasteiger partial charge < -0.3 is 15.6 Å². The van der Waals surface area contributed by atoms with Crippen molar-refractivity contribution in [2.24, 2.45) is 0 Å². The third-order valence-corrected chi connectivity index (χ3v) is 8.92. The van der Waals surface area contributed by atoms with E-state index in [1.165, 1.54) is 6.07 Å². The van der Waals surface area contributed by atoms with Gasteiger partial charge in [0.2, 0.25) is 11.8 Å². The van der Waals surface area contributed by atoms with E-state index in [4.69, 9.17) is 0 Å². The van der Waals surface area contributed by atoms with Crippen molar-refractivity contribution in [1.82, 2.24) is 15.3 Å². The van der Waals surface area contributed by atoms with Gasteiger partial charge in [-0.3, -0.25) is 13.9 Å². The highest BCUT2D eigenvalue weighted by Gasteiger charge is 2.42. The maximum Gasteiger partial charge on any atom is 0.265 e. The number of benzene rings is 4. The lowest BCUT2D eigenvalue weighted by Crippen LogP contribution is -2.52. The molecule has 2 heterocycles. The Hall–Kier alpha value is -4.96. The number of nitrogens with one attached hydrogen (secondary N) is 3. The third kappa shape index (κ3) is 5.29. The number of H-pyrrole nitrogens is 1. The van der Waals surface area contributed by atoms with E-state index in [1.54, 1.807) is 48.8 Å². The van der Waals surface area contributed by atoms with E-state index in [0.717, 1.165) is 32.0 Å². The summed E-state index contributed by atoms with van der Waals surface area (Å²) in [5, 5.41) is 7.26. The quantitative estimate of drug-likeness (QED) is 0.256. The number of aromatic amines is 1. The van der Waals surface area contributed by atoms with E-state index in [1.807, 2.05) is 48.5 Å². The van der Waals surface area contributed by atoms with Crippen LogP contribution in [0, 0.1) is 0 Å². The number of aromatic nitrogens is 2. The van der Waals surface area contributed by atoms with Crippen molar-refractivity contribution in [3.05, 3.63) is 109 Å². The van der Waals surface area contributed by atoms with Crippen LogP contribution in [0.15, 0.2) is 108 Å². The van der Waals surface area contributed by atoms with Gasteiger partial charge in [-0.25, -0.2) is 13.4 Å². The Balaban J connectivity index is 1.20. The van der Waals surface area contributed by atoms with Gasteiger partial charge in [0.05, 0.1) is 22.7 Å². The molecule has 10 heteroatoms. The van der Waals surface area contributed by atoms with Crippen LogP contribution in [0.3, 0.4) is 0 Å². The summed E-state index contributed by atoms with van der Waals surface area (Å²) in [5.41, 5.74) is 2.66. The lowest BCUT2D eigenvalue weighted by molar-refractivity contribution is -0.125. The molecular formula is C31H27N5O4S. The molecule has 4 aromatic carbocycles. The van der Waals surface area contributed by atoms with Gasteiger partial charge in [-0.05, 0) is 47.0 Å². The molecule has 6 rings (SSSR count). The molecule has 9 nitrogen and oxygen atoms in total. The average Bonchev–Trinajstić information content (AvgIpc) is 3.53. The number of hydrogen-bond acceptors (Lipinski definition) is 5. The molecule has 0 aliphatic carbocycles. The second-order valence-electron chi connectivity index (χ2n) is 9.77. The predicted molar refractivity (Wildman–Crippen MR) is 158 cm³/mol. The summed E-state index contributed by atoms with van der Waals surface area (Å²) < 4.78 is 29.2. The number of carbonyl (C=O) groups excluding carboxylic acids is 2. The summed E-state index contributed by atoms with van der Waals surface area (Å²) in [6, 6.07) is 25.6. The van der Waals surface area contributed by atoms with Crippen LogP contribution in [0.25, 0.3) is 22.2 Å². The number of anilines is 2. The second kappa shape index (κ2) is 10.9. The van der Waals surface area contributed by atoms with Gasteiger partial charge in [-0.1, -0.05) is 66.7 Å². The van der Waals surface area contributed by atoms with Gasteiger partial charge in [0, 0.05) is 24.5 Å². The Bertz CT molecular complexity index is 1840. The Morgan fingerprint density at radius 3 is 2.46 bits per heavy atom. The monoisotopic (exact) mass is 565 g/mol. The number of rotatable bonds is 8. The Kier molecular flexibility index (Phi) is 6.98. The van der Waals surface area contributed by atoms with E-state index in [0.29, 0.717) is 24.3 Å². The third-order valence-electron chi connectivity index (χ3n) is 7.10. The maximum atomic E-state index is 14.1. The molecule has 1 aliphatic heterocycles. The molecule has 5 aromatic rings. The van der Waals surface area contributed by atoms with Crippen LogP contribution < -0.4 is 14.9 Å². The second-order valence-corrected chi connectivity index (χ2v) is 11.6. The van der Waals surface area contributed by atoms with E-state index in [-0.39, 0.29) is 11.3 Å². The number of carbonyl (C=O) groups is 2.